The molecule has 0 fully saturated rings. The standard InChI is InChI=1S/C17H23NO3/c1-4-6-11-18-17(19)10-8-14-7-9-15(21-12-5-2)16(13-14)20-3/h5,7-10,13H,2,4,6,11-12H2,1,3H3,(H,18,19). The Morgan fingerprint density at radius 2 is 2.19 bits per heavy atom. The van der Waals surface area contributed by atoms with Crippen LogP contribution >= 0.6 is 0 Å². The van der Waals surface area contributed by atoms with Gasteiger partial charge in [-0.05, 0) is 30.2 Å². The van der Waals surface area contributed by atoms with Crippen LogP contribution in [-0.2, 0) is 4.79 Å². The van der Waals surface area contributed by atoms with Crippen molar-refractivity contribution in [3.05, 3.63) is 42.5 Å². The number of carbonyl (C=O) groups is 1. The Morgan fingerprint density at radius 3 is 2.86 bits per heavy atom. The van der Waals surface area contributed by atoms with E-state index in [1.165, 1.54) is 6.08 Å². The number of unbranched alkanes of at least 4 members (excludes halogenated alkanes) is 1. The van der Waals surface area contributed by atoms with E-state index in [1.807, 2.05) is 18.2 Å². The van der Waals surface area contributed by atoms with Gasteiger partial charge in [0.2, 0.25) is 5.91 Å². The van der Waals surface area contributed by atoms with Gasteiger partial charge in [-0.2, -0.15) is 0 Å². The van der Waals surface area contributed by atoms with Gasteiger partial charge >= 0.3 is 0 Å². The summed E-state index contributed by atoms with van der Waals surface area (Å²) in [7, 11) is 1.58. The number of amides is 1. The highest BCUT2D eigenvalue weighted by atomic mass is 16.5. The highest BCUT2D eigenvalue weighted by Crippen LogP contribution is 2.28. The maximum atomic E-state index is 11.6. The predicted octanol–water partition coefficient (Wildman–Crippen LogP) is 3.19. The normalized spacial score (nSPS) is 10.4. The molecule has 0 unspecified atom stereocenters. The van der Waals surface area contributed by atoms with E-state index < -0.39 is 0 Å². The quantitative estimate of drug-likeness (QED) is 0.431. The minimum Gasteiger partial charge on any atom is -0.493 e. The van der Waals surface area contributed by atoms with Crippen molar-refractivity contribution < 1.29 is 14.3 Å². The lowest BCUT2D eigenvalue weighted by Gasteiger charge is -2.09. The summed E-state index contributed by atoms with van der Waals surface area (Å²) < 4.78 is 10.8. The van der Waals surface area contributed by atoms with Crippen molar-refractivity contribution >= 4 is 12.0 Å². The van der Waals surface area contributed by atoms with Gasteiger partial charge in [0, 0.05) is 12.6 Å². The molecule has 0 aliphatic carbocycles. The molecule has 0 spiro atoms. The molecule has 21 heavy (non-hydrogen) atoms. The fourth-order valence-corrected chi connectivity index (χ4v) is 1.67. The van der Waals surface area contributed by atoms with Crippen LogP contribution in [-0.4, -0.2) is 26.2 Å². The maximum absolute atomic E-state index is 11.6. The molecule has 1 N–H and O–H groups in total. The minimum absolute atomic E-state index is 0.0885. The topological polar surface area (TPSA) is 47.6 Å². The SMILES string of the molecule is C=CCOc1ccc(C=CC(=O)NCCCC)cc1OC. The van der Waals surface area contributed by atoms with E-state index >= 15 is 0 Å². The highest BCUT2D eigenvalue weighted by molar-refractivity contribution is 5.91. The third-order valence-electron chi connectivity index (χ3n) is 2.80. The fourth-order valence-electron chi connectivity index (χ4n) is 1.67. The first kappa shape index (κ1) is 16.8. The van der Waals surface area contributed by atoms with E-state index in [0.717, 1.165) is 18.4 Å². The van der Waals surface area contributed by atoms with Crippen LogP contribution in [0.4, 0.5) is 0 Å². The zero-order chi connectivity index (χ0) is 15.5. The molecule has 4 nitrogen and oxygen atoms in total. The predicted molar refractivity (Wildman–Crippen MR) is 85.6 cm³/mol. The fraction of sp³-hybridized carbons (Fsp3) is 0.353. The lowest BCUT2D eigenvalue weighted by molar-refractivity contribution is -0.116. The number of nitrogens with one attached hydrogen (secondary N) is 1. The number of hydrogen-bond acceptors (Lipinski definition) is 3. The van der Waals surface area contributed by atoms with Gasteiger partial charge in [-0.3, -0.25) is 4.79 Å². The molecule has 114 valence electrons. The van der Waals surface area contributed by atoms with Crippen LogP contribution in [0.1, 0.15) is 25.3 Å². The van der Waals surface area contributed by atoms with E-state index in [1.54, 1.807) is 19.3 Å². The van der Waals surface area contributed by atoms with Crippen molar-refractivity contribution in [2.75, 3.05) is 20.3 Å². The number of rotatable bonds is 9. The summed E-state index contributed by atoms with van der Waals surface area (Å²) in [6.07, 6.45) is 7.00. The van der Waals surface area contributed by atoms with E-state index in [2.05, 4.69) is 18.8 Å². The van der Waals surface area contributed by atoms with Gasteiger partial charge in [-0.1, -0.05) is 32.1 Å². The molecule has 0 atom stereocenters. The van der Waals surface area contributed by atoms with Gasteiger partial charge in [0.05, 0.1) is 7.11 Å². The summed E-state index contributed by atoms with van der Waals surface area (Å²) in [6, 6.07) is 5.52. The van der Waals surface area contributed by atoms with Crippen molar-refractivity contribution in [1.82, 2.24) is 5.32 Å². The molecule has 1 aromatic rings. The molecule has 1 amide bonds. The molecule has 0 radical (unpaired) electrons. The Bertz CT molecular complexity index is 495. The lowest BCUT2D eigenvalue weighted by Crippen LogP contribution is -2.21. The second-order valence-electron chi connectivity index (χ2n) is 4.49. The molecule has 0 heterocycles. The van der Waals surface area contributed by atoms with E-state index in [9.17, 15) is 4.79 Å². The Balaban J connectivity index is 2.66. The summed E-state index contributed by atoms with van der Waals surface area (Å²) in [6.45, 7) is 6.82. The van der Waals surface area contributed by atoms with Gasteiger partial charge in [0.1, 0.15) is 6.61 Å². The Hall–Kier alpha value is -2.23. The van der Waals surface area contributed by atoms with Crippen molar-refractivity contribution in [3.63, 3.8) is 0 Å². The summed E-state index contributed by atoms with van der Waals surface area (Å²) in [5.41, 5.74) is 0.878. The highest BCUT2D eigenvalue weighted by Gasteiger charge is 2.04. The van der Waals surface area contributed by atoms with Crippen LogP contribution in [0.3, 0.4) is 0 Å². The van der Waals surface area contributed by atoms with E-state index in [4.69, 9.17) is 9.47 Å². The smallest absolute Gasteiger partial charge is 0.243 e. The first-order chi connectivity index (χ1) is 10.2. The first-order valence-electron chi connectivity index (χ1n) is 7.09. The van der Waals surface area contributed by atoms with Crippen molar-refractivity contribution in [3.8, 4) is 11.5 Å². The average molecular weight is 289 g/mol. The summed E-state index contributed by atoms with van der Waals surface area (Å²) in [5.74, 6) is 1.20. The van der Waals surface area contributed by atoms with Crippen LogP contribution < -0.4 is 14.8 Å². The molecule has 4 heteroatoms. The van der Waals surface area contributed by atoms with Gasteiger partial charge in [0.25, 0.3) is 0 Å². The molecular weight excluding hydrogens is 266 g/mol. The largest absolute Gasteiger partial charge is 0.493 e. The Kier molecular flexibility index (Phi) is 7.72. The van der Waals surface area contributed by atoms with Crippen LogP contribution in [0, 0.1) is 0 Å². The summed E-state index contributed by atoms with van der Waals surface area (Å²) in [5, 5.41) is 2.83. The number of carbonyl (C=O) groups excluding carboxylic acids is 1. The molecule has 0 bridgehead atoms. The number of ether oxygens (including phenoxy) is 2. The minimum atomic E-state index is -0.0885. The van der Waals surface area contributed by atoms with Crippen molar-refractivity contribution in [1.29, 1.82) is 0 Å². The van der Waals surface area contributed by atoms with Gasteiger partial charge in [0.15, 0.2) is 11.5 Å². The first-order valence-corrected chi connectivity index (χ1v) is 7.09. The summed E-state index contributed by atoms with van der Waals surface area (Å²) in [4.78, 5) is 11.6. The van der Waals surface area contributed by atoms with Crippen molar-refractivity contribution in [2.24, 2.45) is 0 Å². The van der Waals surface area contributed by atoms with Gasteiger partial charge < -0.3 is 14.8 Å². The second-order valence-corrected chi connectivity index (χ2v) is 4.49. The Morgan fingerprint density at radius 1 is 1.38 bits per heavy atom. The van der Waals surface area contributed by atoms with Crippen LogP contribution in [0.25, 0.3) is 6.08 Å². The molecule has 0 saturated carbocycles. The number of methoxy groups -OCH3 is 1. The molecule has 0 aromatic heterocycles. The average Bonchev–Trinajstić information content (AvgIpc) is 2.51. The molecule has 1 aromatic carbocycles. The zero-order valence-electron chi connectivity index (χ0n) is 12.7. The number of hydrogen-bond donors (Lipinski definition) is 1. The van der Waals surface area contributed by atoms with E-state index in [-0.39, 0.29) is 5.91 Å². The van der Waals surface area contributed by atoms with Gasteiger partial charge in [-0.15, -0.1) is 0 Å². The van der Waals surface area contributed by atoms with Crippen LogP contribution in [0.2, 0.25) is 0 Å². The third-order valence-corrected chi connectivity index (χ3v) is 2.80. The molecule has 1 rings (SSSR count). The molecular formula is C17H23NO3. The monoisotopic (exact) mass is 289 g/mol. The van der Waals surface area contributed by atoms with Crippen LogP contribution in [0.5, 0.6) is 11.5 Å². The number of benzene rings is 1. The molecule has 0 aliphatic rings. The summed E-state index contributed by atoms with van der Waals surface area (Å²) >= 11 is 0. The molecule has 0 aliphatic heterocycles. The molecule has 0 saturated heterocycles. The van der Waals surface area contributed by atoms with Crippen LogP contribution in [0.15, 0.2) is 36.9 Å². The van der Waals surface area contributed by atoms with Gasteiger partial charge in [-0.25, -0.2) is 0 Å². The van der Waals surface area contributed by atoms with Crippen molar-refractivity contribution in [2.45, 2.75) is 19.8 Å². The second kappa shape index (κ2) is 9.64. The zero-order valence-corrected chi connectivity index (χ0v) is 12.7. The third kappa shape index (κ3) is 6.17. The lowest BCUT2D eigenvalue weighted by atomic mass is 10.2. The van der Waals surface area contributed by atoms with E-state index in [0.29, 0.717) is 24.7 Å². The Labute approximate surface area is 126 Å². The maximum Gasteiger partial charge on any atom is 0.243 e.